The monoisotopic (exact) mass is 338 g/mol. The number of non-ortho nitro benzene ring substituents is 2. The van der Waals surface area contributed by atoms with Gasteiger partial charge in [-0.3, -0.25) is 20.2 Å². The Bertz CT molecular complexity index is 856. The molecule has 2 rings (SSSR count). The van der Waals surface area contributed by atoms with E-state index in [0.29, 0.717) is 0 Å². The lowest BCUT2D eigenvalue weighted by Crippen LogP contribution is -2.09. The van der Waals surface area contributed by atoms with E-state index in [1.165, 1.54) is 0 Å². The number of nitrogen functional groups attached to an aromatic ring is 2. The van der Waals surface area contributed by atoms with E-state index in [9.17, 15) is 28.6 Å². The van der Waals surface area contributed by atoms with Gasteiger partial charge < -0.3 is 11.5 Å². The fourth-order valence-electron chi connectivity index (χ4n) is 1.86. The number of hydrogen-bond acceptors (Lipinski definition) is 8. The summed E-state index contributed by atoms with van der Waals surface area (Å²) in [5.74, 6) is 0. The minimum Gasteiger partial charge on any atom is -0.398 e. The molecule has 0 saturated heterocycles. The highest BCUT2D eigenvalue weighted by molar-refractivity contribution is 7.91. The van der Waals surface area contributed by atoms with Crippen molar-refractivity contribution in [1.82, 2.24) is 0 Å². The van der Waals surface area contributed by atoms with Crippen molar-refractivity contribution >= 4 is 32.6 Å². The average Bonchev–Trinajstić information content (AvgIpc) is 2.47. The Balaban J connectivity index is 2.73. The second-order valence-electron chi connectivity index (χ2n) is 4.46. The fourth-order valence-corrected chi connectivity index (χ4v) is 3.40. The van der Waals surface area contributed by atoms with Gasteiger partial charge in [0.05, 0.1) is 21.2 Å². The molecule has 2 aromatic carbocycles. The van der Waals surface area contributed by atoms with Crippen LogP contribution >= 0.6 is 0 Å². The van der Waals surface area contributed by atoms with Gasteiger partial charge in [-0.05, 0) is 12.1 Å². The third kappa shape index (κ3) is 2.89. The zero-order chi connectivity index (χ0) is 17.4. The summed E-state index contributed by atoms with van der Waals surface area (Å²) in [6.07, 6.45) is 0. The van der Waals surface area contributed by atoms with Gasteiger partial charge in [-0.1, -0.05) is 0 Å². The van der Waals surface area contributed by atoms with Gasteiger partial charge in [0.25, 0.3) is 11.4 Å². The van der Waals surface area contributed by atoms with Crippen LogP contribution < -0.4 is 11.5 Å². The van der Waals surface area contributed by atoms with Crippen LogP contribution in [0.2, 0.25) is 0 Å². The maximum absolute atomic E-state index is 12.6. The van der Waals surface area contributed by atoms with Crippen LogP contribution in [0.25, 0.3) is 0 Å². The molecule has 23 heavy (non-hydrogen) atoms. The Morgan fingerprint density at radius 3 is 1.43 bits per heavy atom. The Kier molecular flexibility index (Phi) is 3.89. The first-order valence-corrected chi connectivity index (χ1v) is 7.46. The molecular weight excluding hydrogens is 328 g/mol. The molecule has 10 nitrogen and oxygen atoms in total. The number of sulfone groups is 1. The molecule has 0 amide bonds. The predicted octanol–water partition coefficient (Wildman–Crippen LogP) is 1.50. The van der Waals surface area contributed by atoms with Crippen LogP contribution in [-0.4, -0.2) is 18.3 Å². The minimum atomic E-state index is -4.37. The molecular formula is C12H10N4O6S. The first-order valence-electron chi connectivity index (χ1n) is 5.97. The lowest BCUT2D eigenvalue weighted by Gasteiger charge is -2.09. The minimum absolute atomic E-state index is 0.235. The smallest absolute Gasteiger partial charge is 0.270 e. The molecule has 0 heterocycles. The highest BCUT2D eigenvalue weighted by atomic mass is 32.2. The van der Waals surface area contributed by atoms with Crippen LogP contribution in [0.3, 0.4) is 0 Å². The number of nitrogens with zero attached hydrogens (tertiary/aromatic N) is 2. The van der Waals surface area contributed by atoms with E-state index in [0.717, 1.165) is 36.4 Å². The zero-order valence-corrected chi connectivity index (χ0v) is 12.2. The second-order valence-corrected chi connectivity index (χ2v) is 6.35. The molecule has 0 aliphatic carbocycles. The highest BCUT2D eigenvalue weighted by Crippen LogP contribution is 2.33. The zero-order valence-electron chi connectivity index (χ0n) is 11.4. The number of nitro benzene ring substituents is 2. The van der Waals surface area contributed by atoms with E-state index >= 15 is 0 Å². The van der Waals surface area contributed by atoms with E-state index in [4.69, 9.17) is 11.5 Å². The Morgan fingerprint density at radius 1 is 0.783 bits per heavy atom. The Hall–Kier alpha value is -3.21. The molecule has 0 radical (unpaired) electrons. The number of rotatable bonds is 4. The van der Waals surface area contributed by atoms with E-state index in [2.05, 4.69) is 0 Å². The summed E-state index contributed by atoms with van der Waals surface area (Å²) in [6, 6.07) is 5.79. The number of nitro groups is 2. The van der Waals surface area contributed by atoms with Crippen molar-refractivity contribution < 1.29 is 18.3 Å². The molecule has 0 saturated carbocycles. The standard InChI is InChI=1S/C12H10N4O6S/c13-9-3-1-7(15(17)18)5-11(9)23(21,22)12-6-8(16(19)20)2-4-10(12)14/h1-6H,13-14H2. The summed E-state index contributed by atoms with van der Waals surface area (Å²) in [4.78, 5) is 18.9. The van der Waals surface area contributed by atoms with Crippen LogP contribution in [0.1, 0.15) is 0 Å². The van der Waals surface area contributed by atoms with Crippen molar-refractivity contribution in [2.24, 2.45) is 0 Å². The number of hydrogen-bond donors (Lipinski definition) is 2. The van der Waals surface area contributed by atoms with Crippen molar-refractivity contribution in [3.63, 3.8) is 0 Å². The van der Waals surface area contributed by atoms with Gasteiger partial charge in [0.1, 0.15) is 9.79 Å². The van der Waals surface area contributed by atoms with Gasteiger partial charge in [-0.15, -0.1) is 0 Å². The average molecular weight is 338 g/mol. The third-order valence-corrected chi connectivity index (χ3v) is 4.86. The summed E-state index contributed by atoms with van der Waals surface area (Å²) in [6.45, 7) is 0. The molecule has 0 aliphatic heterocycles. The largest absolute Gasteiger partial charge is 0.398 e. The molecule has 0 unspecified atom stereocenters. The van der Waals surface area contributed by atoms with Crippen molar-refractivity contribution in [1.29, 1.82) is 0 Å². The van der Waals surface area contributed by atoms with Gasteiger partial charge in [0.2, 0.25) is 9.84 Å². The highest BCUT2D eigenvalue weighted by Gasteiger charge is 2.27. The summed E-state index contributed by atoms with van der Waals surface area (Å²) in [5.41, 5.74) is 9.73. The van der Waals surface area contributed by atoms with Crippen molar-refractivity contribution in [3.8, 4) is 0 Å². The lowest BCUT2D eigenvalue weighted by atomic mass is 10.3. The lowest BCUT2D eigenvalue weighted by molar-refractivity contribution is -0.385. The Morgan fingerprint density at radius 2 is 1.13 bits per heavy atom. The molecule has 0 aromatic heterocycles. The quantitative estimate of drug-likeness (QED) is 0.479. The molecule has 0 fully saturated rings. The van der Waals surface area contributed by atoms with E-state index in [-0.39, 0.29) is 11.4 Å². The summed E-state index contributed by atoms with van der Waals surface area (Å²) in [7, 11) is -4.37. The molecule has 0 bridgehead atoms. The number of anilines is 2. The van der Waals surface area contributed by atoms with Gasteiger partial charge in [0.15, 0.2) is 0 Å². The molecule has 120 valence electrons. The van der Waals surface area contributed by atoms with Crippen LogP contribution in [0.5, 0.6) is 0 Å². The topological polar surface area (TPSA) is 172 Å². The van der Waals surface area contributed by atoms with Crippen molar-refractivity contribution in [2.75, 3.05) is 11.5 Å². The van der Waals surface area contributed by atoms with Gasteiger partial charge in [-0.2, -0.15) is 0 Å². The van der Waals surface area contributed by atoms with Crippen LogP contribution in [-0.2, 0) is 9.84 Å². The normalized spacial score (nSPS) is 11.1. The van der Waals surface area contributed by atoms with Crippen LogP contribution in [0.15, 0.2) is 46.2 Å². The number of nitrogens with two attached hydrogens (primary N) is 2. The van der Waals surface area contributed by atoms with Gasteiger partial charge in [0, 0.05) is 24.3 Å². The second kappa shape index (κ2) is 5.53. The van der Waals surface area contributed by atoms with Gasteiger partial charge in [-0.25, -0.2) is 8.42 Å². The van der Waals surface area contributed by atoms with Crippen LogP contribution in [0.4, 0.5) is 22.7 Å². The maximum Gasteiger partial charge on any atom is 0.270 e. The number of benzene rings is 2. The van der Waals surface area contributed by atoms with Crippen molar-refractivity contribution in [2.45, 2.75) is 9.79 Å². The summed E-state index contributed by atoms with van der Waals surface area (Å²) >= 11 is 0. The Labute approximate surface area is 129 Å². The van der Waals surface area contributed by atoms with Crippen molar-refractivity contribution in [3.05, 3.63) is 56.6 Å². The first kappa shape index (κ1) is 16.2. The fraction of sp³-hybridized carbons (Fsp3) is 0. The van der Waals surface area contributed by atoms with E-state index < -0.39 is 40.8 Å². The molecule has 2 aromatic rings. The summed E-state index contributed by atoms with van der Waals surface area (Å²) < 4.78 is 25.2. The summed E-state index contributed by atoms with van der Waals surface area (Å²) in [5, 5.41) is 21.6. The SMILES string of the molecule is Nc1ccc([N+](=O)[O-])cc1S(=O)(=O)c1cc([N+](=O)[O-])ccc1N. The molecule has 0 spiro atoms. The molecule has 0 atom stereocenters. The van der Waals surface area contributed by atoms with Crippen LogP contribution in [0, 0.1) is 20.2 Å². The van der Waals surface area contributed by atoms with Gasteiger partial charge >= 0.3 is 0 Å². The molecule has 0 aliphatic rings. The third-order valence-electron chi connectivity index (χ3n) is 2.99. The predicted molar refractivity (Wildman–Crippen MR) is 80.5 cm³/mol. The molecule has 11 heteroatoms. The maximum atomic E-state index is 12.6. The van der Waals surface area contributed by atoms with E-state index in [1.807, 2.05) is 0 Å². The molecule has 4 N–H and O–H groups in total. The first-order chi connectivity index (χ1) is 10.6. The van der Waals surface area contributed by atoms with E-state index in [1.54, 1.807) is 0 Å².